The van der Waals surface area contributed by atoms with Crippen molar-refractivity contribution in [1.82, 2.24) is 4.31 Å². The van der Waals surface area contributed by atoms with Crippen molar-refractivity contribution < 1.29 is 17.9 Å². The fourth-order valence-corrected chi connectivity index (χ4v) is 4.71. The quantitative estimate of drug-likeness (QED) is 0.918. The summed E-state index contributed by atoms with van der Waals surface area (Å²) in [5.41, 5.74) is 0.235. The maximum Gasteiger partial charge on any atom is 0.243 e. The van der Waals surface area contributed by atoms with Crippen LogP contribution < -0.4 is 0 Å². The third-order valence-corrected chi connectivity index (χ3v) is 6.03. The molecular formula is C12H16FNO3S2. The smallest absolute Gasteiger partial charge is 0.243 e. The zero-order valence-corrected chi connectivity index (χ0v) is 12.0. The third kappa shape index (κ3) is 3.28. The van der Waals surface area contributed by atoms with Crippen LogP contribution in [0.1, 0.15) is 12.0 Å². The van der Waals surface area contributed by atoms with Crippen molar-refractivity contribution in [2.24, 2.45) is 0 Å². The Bertz CT molecular complexity index is 540. The molecular weight excluding hydrogens is 289 g/mol. The number of aliphatic hydroxyl groups excluding tert-OH is 1. The molecule has 0 bridgehead atoms. The summed E-state index contributed by atoms with van der Waals surface area (Å²) in [6, 6.07) is 3.45. The number of thioether (sulfide) groups is 1. The Morgan fingerprint density at radius 1 is 1.32 bits per heavy atom. The summed E-state index contributed by atoms with van der Waals surface area (Å²) in [4.78, 5) is -0.123. The summed E-state index contributed by atoms with van der Waals surface area (Å²) in [6.45, 7) is 0.447. The van der Waals surface area contributed by atoms with Crippen LogP contribution in [-0.2, 0) is 16.6 Å². The first kappa shape index (κ1) is 14.8. The Balaban J connectivity index is 2.40. The van der Waals surface area contributed by atoms with E-state index in [-0.39, 0.29) is 10.5 Å². The molecule has 0 atom stereocenters. The van der Waals surface area contributed by atoms with Crippen molar-refractivity contribution >= 4 is 21.8 Å². The maximum absolute atomic E-state index is 13.3. The van der Waals surface area contributed by atoms with Crippen molar-refractivity contribution in [2.45, 2.75) is 17.9 Å². The molecule has 1 aliphatic rings. The van der Waals surface area contributed by atoms with Crippen molar-refractivity contribution in [3.63, 3.8) is 0 Å². The van der Waals surface area contributed by atoms with Crippen LogP contribution in [0.5, 0.6) is 0 Å². The van der Waals surface area contributed by atoms with E-state index in [0.29, 0.717) is 13.1 Å². The molecule has 2 rings (SSSR count). The number of benzene rings is 1. The Labute approximate surface area is 116 Å². The van der Waals surface area contributed by atoms with Gasteiger partial charge in [0, 0.05) is 18.8 Å². The summed E-state index contributed by atoms with van der Waals surface area (Å²) in [5.74, 6) is 1.06. The molecule has 0 aromatic heterocycles. The van der Waals surface area contributed by atoms with E-state index in [1.54, 1.807) is 11.8 Å². The summed E-state index contributed by atoms with van der Waals surface area (Å²) < 4.78 is 39.7. The van der Waals surface area contributed by atoms with Gasteiger partial charge in [-0.25, -0.2) is 12.8 Å². The Kier molecular flexibility index (Phi) is 4.83. The minimum atomic E-state index is -3.73. The topological polar surface area (TPSA) is 57.6 Å². The van der Waals surface area contributed by atoms with Crippen molar-refractivity contribution in [2.75, 3.05) is 24.6 Å². The lowest BCUT2D eigenvalue weighted by atomic mass is 10.2. The predicted octanol–water partition coefficient (Wildman–Crippen LogP) is 1.45. The molecule has 19 heavy (non-hydrogen) atoms. The number of hydrogen-bond acceptors (Lipinski definition) is 4. The van der Waals surface area contributed by atoms with E-state index in [9.17, 15) is 17.9 Å². The molecule has 1 fully saturated rings. The first-order chi connectivity index (χ1) is 9.05. The first-order valence-corrected chi connectivity index (χ1v) is 8.62. The number of rotatable bonds is 3. The summed E-state index contributed by atoms with van der Waals surface area (Å²) in [5, 5.41) is 9.22. The maximum atomic E-state index is 13.3. The molecule has 106 valence electrons. The van der Waals surface area contributed by atoms with Crippen LogP contribution in [0, 0.1) is 5.82 Å². The van der Waals surface area contributed by atoms with Crippen LogP contribution in [0.25, 0.3) is 0 Å². The van der Waals surface area contributed by atoms with E-state index < -0.39 is 22.4 Å². The number of halogens is 1. The van der Waals surface area contributed by atoms with Gasteiger partial charge < -0.3 is 5.11 Å². The van der Waals surface area contributed by atoms with E-state index in [1.807, 2.05) is 0 Å². The normalized spacial score (nSPS) is 18.2. The summed E-state index contributed by atoms with van der Waals surface area (Å²) in [6.07, 6.45) is 0.785. The second-order valence-electron chi connectivity index (χ2n) is 4.28. The zero-order valence-electron chi connectivity index (χ0n) is 10.4. The molecule has 1 saturated heterocycles. The highest BCUT2D eigenvalue weighted by Gasteiger charge is 2.27. The fourth-order valence-electron chi connectivity index (χ4n) is 2.00. The van der Waals surface area contributed by atoms with E-state index >= 15 is 0 Å². The highest BCUT2D eigenvalue weighted by molar-refractivity contribution is 7.99. The summed E-state index contributed by atoms with van der Waals surface area (Å²) in [7, 11) is -3.73. The van der Waals surface area contributed by atoms with Gasteiger partial charge in [-0.15, -0.1) is 0 Å². The molecule has 0 aliphatic carbocycles. The van der Waals surface area contributed by atoms with Gasteiger partial charge in [-0.1, -0.05) is 6.07 Å². The average Bonchev–Trinajstić information content (AvgIpc) is 2.68. The highest BCUT2D eigenvalue weighted by Crippen LogP contribution is 2.24. The molecule has 0 spiro atoms. The molecule has 4 nitrogen and oxygen atoms in total. The molecule has 1 N–H and O–H groups in total. The van der Waals surface area contributed by atoms with Crippen LogP contribution in [0.2, 0.25) is 0 Å². The number of aliphatic hydroxyl groups is 1. The van der Waals surface area contributed by atoms with E-state index in [2.05, 4.69) is 0 Å². The van der Waals surface area contributed by atoms with Crippen LogP contribution in [0.3, 0.4) is 0 Å². The minimum absolute atomic E-state index is 0.123. The van der Waals surface area contributed by atoms with E-state index in [1.165, 1.54) is 10.4 Å². The SMILES string of the molecule is O=S(=O)(c1cc(F)ccc1CO)N1CCCSCC1. The zero-order chi connectivity index (χ0) is 13.9. The number of hydrogen-bond donors (Lipinski definition) is 1. The third-order valence-electron chi connectivity index (χ3n) is 3.00. The molecule has 0 saturated carbocycles. The van der Waals surface area contributed by atoms with Crippen molar-refractivity contribution in [1.29, 1.82) is 0 Å². The lowest BCUT2D eigenvalue weighted by Gasteiger charge is -2.21. The molecule has 1 heterocycles. The lowest BCUT2D eigenvalue weighted by Crippen LogP contribution is -2.33. The number of nitrogens with zero attached hydrogens (tertiary/aromatic N) is 1. The predicted molar refractivity (Wildman–Crippen MR) is 73.0 cm³/mol. The van der Waals surface area contributed by atoms with Gasteiger partial charge >= 0.3 is 0 Å². The average molecular weight is 305 g/mol. The van der Waals surface area contributed by atoms with Gasteiger partial charge in [0.25, 0.3) is 0 Å². The molecule has 0 radical (unpaired) electrons. The van der Waals surface area contributed by atoms with Crippen LogP contribution in [0.15, 0.2) is 23.1 Å². The summed E-state index contributed by atoms with van der Waals surface area (Å²) >= 11 is 1.71. The Morgan fingerprint density at radius 2 is 2.11 bits per heavy atom. The van der Waals surface area contributed by atoms with E-state index in [4.69, 9.17) is 0 Å². The molecule has 0 amide bonds. The minimum Gasteiger partial charge on any atom is -0.392 e. The standard InChI is InChI=1S/C12H16FNO3S2/c13-11-3-2-10(9-15)12(8-11)19(16,17)14-4-1-6-18-7-5-14/h2-3,8,15H,1,4-7,9H2. The largest absolute Gasteiger partial charge is 0.392 e. The van der Waals surface area contributed by atoms with Gasteiger partial charge in [0.2, 0.25) is 10.0 Å². The Hall–Kier alpha value is -0.630. The number of sulfonamides is 1. The second-order valence-corrected chi connectivity index (χ2v) is 7.41. The molecule has 1 aliphatic heterocycles. The molecule has 0 unspecified atom stereocenters. The van der Waals surface area contributed by atoms with Crippen LogP contribution >= 0.6 is 11.8 Å². The monoisotopic (exact) mass is 305 g/mol. The van der Waals surface area contributed by atoms with Gasteiger partial charge in [-0.3, -0.25) is 0 Å². The molecule has 1 aromatic carbocycles. The Morgan fingerprint density at radius 3 is 2.84 bits per heavy atom. The van der Waals surface area contributed by atoms with Gasteiger partial charge in [0.1, 0.15) is 5.82 Å². The highest BCUT2D eigenvalue weighted by atomic mass is 32.2. The first-order valence-electron chi connectivity index (χ1n) is 6.03. The van der Waals surface area contributed by atoms with Crippen molar-refractivity contribution in [3.05, 3.63) is 29.6 Å². The fraction of sp³-hybridized carbons (Fsp3) is 0.500. The second kappa shape index (κ2) is 6.21. The lowest BCUT2D eigenvalue weighted by molar-refractivity contribution is 0.277. The van der Waals surface area contributed by atoms with E-state index in [0.717, 1.165) is 30.1 Å². The van der Waals surface area contributed by atoms with Gasteiger partial charge in [0.15, 0.2) is 0 Å². The van der Waals surface area contributed by atoms with Crippen molar-refractivity contribution in [3.8, 4) is 0 Å². The van der Waals surface area contributed by atoms with Crippen LogP contribution in [-0.4, -0.2) is 42.4 Å². The van der Waals surface area contributed by atoms with Gasteiger partial charge in [0.05, 0.1) is 11.5 Å². The van der Waals surface area contributed by atoms with Crippen LogP contribution in [0.4, 0.5) is 4.39 Å². The van der Waals surface area contributed by atoms with Gasteiger partial charge in [-0.05, 0) is 29.9 Å². The molecule has 7 heteroatoms. The molecule has 1 aromatic rings. The van der Waals surface area contributed by atoms with Gasteiger partial charge in [-0.2, -0.15) is 16.1 Å².